The molecule has 0 nitrogen and oxygen atoms in total. The predicted octanol–water partition coefficient (Wildman–Crippen LogP) is 6.60. The molecule has 0 aliphatic rings. The number of hydrogen-bond donors (Lipinski definition) is 0. The van der Waals surface area contributed by atoms with Gasteiger partial charge in [0.2, 0.25) is 0 Å². The van der Waals surface area contributed by atoms with Crippen molar-refractivity contribution in [1.29, 1.82) is 0 Å². The lowest BCUT2D eigenvalue weighted by atomic mass is 10.0. The lowest BCUT2D eigenvalue weighted by molar-refractivity contribution is 0.279. The van der Waals surface area contributed by atoms with E-state index >= 15 is 0 Å². The van der Waals surface area contributed by atoms with E-state index in [1.807, 2.05) is 6.08 Å². The molecular formula is C17H33F. The average Bonchev–Trinajstić information content (AvgIpc) is 2.38. The smallest absolute Gasteiger partial charge is 0.100 e. The number of unbranched alkanes of at least 4 members (excludes halogenated alkanes) is 9. The van der Waals surface area contributed by atoms with Crippen molar-refractivity contribution in [3.63, 3.8) is 0 Å². The molecule has 0 radical (unpaired) electrons. The van der Waals surface area contributed by atoms with Crippen LogP contribution >= 0.6 is 0 Å². The molecule has 0 aliphatic carbocycles. The summed E-state index contributed by atoms with van der Waals surface area (Å²) in [5, 5.41) is 0. The summed E-state index contributed by atoms with van der Waals surface area (Å²) in [7, 11) is 0. The van der Waals surface area contributed by atoms with E-state index in [1.165, 1.54) is 51.4 Å². The average molecular weight is 256 g/mol. The second-order valence-corrected chi connectivity index (χ2v) is 5.43. The lowest BCUT2D eigenvalue weighted by Crippen LogP contribution is -1.99. The number of allylic oxidation sites excluding steroid dienone is 1. The Labute approximate surface area is 114 Å². The van der Waals surface area contributed by atoms with Gasteiger partial charge in [0.1, 0.15) is 6.17 Å². The molecular weight excluding hydrogens is 223 g/mol. The molecule has 0 saturated carbocycles. The highest BCUT2D eigenvalue weighted by Crippen LogP contribution is 2.15. The summed E-state index contributed by atoms with van der Waals surface area (Å²) in [5.74, 6) is 0. The van der Waals surface area contributed by atoms with Gasteiger partial charge in [-0.05, 0) is 25.7 Å². The standard InChI is InChI=1S/C17H33F/c1-3-5-7-9-10-11-12-14-16-17(18)15-13-8-6-4-2/h3,17H,1,4-16H2,2H3/t17-/m0/s1. The van der Waals surface area contributed by atoms with Crippen molar-refractivity contribution in [3.05, 3.63) is 12.7 Å². The molecule has 0 bridgehead atoms. The van der Waals surface area contributed by atoms with E-state index in [-0.39, 0.29) is 0 Å². The van der Waals surface area contributed by atoms with Crippen LogP contribution in [0.3, 0.4) is 0 Å². The zero-order valence-electron chi connectivity index (χ0n) is 12.4. The quantitative estimate of drug-likeness (QED) is 0.242. The summed E-state index contributed by atoms with van der Waals surface area (Å²) in [6, 6.07) is 0. The second kappa shape index (κ2) is 14.7. The molecule has 18 heavy (non-hydrogen) atoms. The van der Waals surface area contributed by atoms with Crippen molar-refractivity contribution in [2.45, 2.75) is 96.6 Å². The highest BCUT2D eigenvalue weighted by Gasteiger charge is 2.05. The molecule has 108 valence electrons. The fraction of sp³-hybridized carbons (Fsp3) is 0.882. The summed E-state index contributed by atoms with van der Waals surface area (Å²) in [5.41, 5.74) is 0. The molecule has 0 rings (SSSR count). The lowest BCUT2D eigenvalue weighted by Gasteiger charge is -2.07. The zero-order valence-corrected chi connectivity index (χ0v) is 12.4. The number of hydrogen-bond acceptors (Lipinski definition) is 0. The largest absolute Gasteiger partial charge is 0.247 e. The van der Waals surface area contributed by atoms with E-state index in [0.29, 0.717) is 0 Å². The molecule has 0 N–H and O–H groups in total. The molecule has 0 amide bonds. The van der Waals surface area contributed by atoms with Gasteiger partial charge in [-0.25, -0.2) is 4.39 Å². The Kier molecular flexibility index (Phi) is 14.5. The summed E-state index contributed by atoms with van der Waals surface area (Å²) in [6.45, 7) is 5.92. The molecule has 1 atom stereocenters. The molecule has 0 fully saturated rings. The van der Waals surface area contributed by atoms with Gasteiger partial charge in [0, 0.05) is 0 Å². The van der Waals surface area contributed by atoms with Gasteiger partial charge < -0.3 is 0 Å². The minimum Gasteiger partial charge on any atom is -0.247 e. The van der Waals surface area contributed by atoms with E-state index in [2.05, 4.69) is 13.5 Å². The molecule has 0 aromatic heterocycles. The molecule has 0 heterocycles. The Balaban J connectivity index is 3.10. The number of alkyl halides is 1. The van der Waals surface area contributed by atoms with Gasteiger partial charge in [-0.2, -0.15) is 0 Å². The van der Waals surface area contributed by atoms with Gasteiger partial charge in [-0.3, -0.25) is 0 Å². The van der Waals surface area contributed by atoms with Crippen LogP contribution in [-0.2, 0) is 0 Å². The van der Waals surface area contributed by atoms with Crippen molar-refractivity contribution in [2.75, 3.05) is 0 Å². The summed E-state index contributed by atoms with van der Waals surface area (Å²) in [4.78, 5) is 0. The maximum atomic E-state index is 13.5. The van der Waals surface area contributed by atoms with Crippen molar-refractivity contribution >= 4 is 0 Å². The maximum absolute atomic E-state index is 13.5. The van der Waals surface area contributed by atoms with E-state index in [4.69, 9.17) is 0 Å². The van der Waals surface area contributed by atoms with Gasteiger partial charge >= 0.3 is 0 Å². The number of rotatable bonds is 14. The van der Waals surface area contributed by atoms with Crippen LogP contribution in [0.15, 0.2) is 12.7 Å². The fourth-order valence-electron chi connectivity index (χ4n) is 2.30. The third-order valence-electron chi connectivity index (χ3n) is 3.55. The SMILES string of the molecule is C=CCCCCCCCC[C@@H](F)CCCCCC. The van der Waals surface area contributed by atoms with Crippen LogP contribution in [0.5, 0.6) is 0 Å². The monoisotopic (exact) mass is 256 g/mol. The Bertz CT molecular complexity index is 165. The third-order valence-corrected chi connectivity index (χ3v) is 3.55. The highest BCUT2D eigenvalue weighted by atomic mass is 19.1. The first-order valence-corrected chi connectivity index (χ1v) is 8.06. The van der Waals surface area contributed by atoms with Crippen LogP contribution in [0.4, 0.5) is 4.39 Å². The minimum absolute atomic E-state index is 0.539. The van der Waals surface area contributed by atoms with Crippen LogP contribution in [0.2, 0.25) is 0 Å². The first-order valence-electron chi connectivity index (χ1n) is 8.06. The first-order chi connectivity index (χ1) is 8.81. The molecule has 0 saturated heterocycles. The van der Waals surface area contributed by atoms with Gasteiger partial charge in [0.25, 0.3) is 0 Å². The summed E-state index contributed by atoms with van der Waals surface area (Å²) in [6.07, 6.45) is 16.4. The topological polar surface area (TPSA) is 0 Å². The molecule has 0 aliphatic heterocycles. The minimum atomic E-state index is -0.539. The van der Waals surface area contributed by atoms with Gasteiger partial charge in [-0.1, -0.05) is 70.8 Å². The Morgan fingerprint density at radius 3 is 1.89 bits per heavy atom. The van der Waals surface area contributed by atoms with Crippen molar-refractivity contribution in [3.8, 4) is 0 Å². The van der Waals surface area contributed by atoms with Crippen molar-refractivity contribution in [1.82, 2.24) is 0 Å². The Morgan fingerprint density at radius 2 is 1.33 bits per heavy atom. The molecule has 1 heteroatoms. The van der Waals surface area contributed by atoms with Crippen LogP contribution in [-0.4, -0.2) is 6.17 Å². The highest BCUT2D eigenvalue weighted by molar-refractivity contribution is 4.65. The van der Waals surface area contributed by atoms with E-state index < -0.39 is 6.17 Å². The molecule has 0 spiro atoms. The van der Waals surface area contributed by atoms with Crippen LogP contribution < -0.4 is 0 Å². The third kappa shape index (κ3) is 13.7. The summed E-state index contributed by atoms with van der Waals surface area (Å²) >= 11 is 0. The fourth-order valence-corrected chi connectivity index (χ4v) is 2.30. The second-order valence-electron chi connectivity index (χ2n) is 5.43. The maximum Gasteiger partial charge on any atom is 0.100 e. The number of halogens is 1. The molecule has 0 unspecified atom stereocenters. The predicted molar refractivity (Wildman–Crippen MR) is 80.8 cm³/mol. The normalized spacial score (nSPS) is 12.6. The van der Waals surface area contributed by atoms with Gasteiger partial charge in [0.05, 0.1) is 0 Å². The zero-order chi connectivity index (χ0) is 13.5. The van der Waals surface area contributed by atoms with Gasteiger partial charge in [0.15, 0.2) is 0 Å². The van der Waals surface area contributed by atoms with Crippen LogP contribution in [0, 0.1) is 0 Å². The Hall–Kier alpha value is -0.330. The summed E-state index contributed by atoms with van der Waals surface area (Å²) < 4.78 is 13.5. The van der Waals surface area contributed by atoms with Crippen molar-refractivity contribution < 1.29 is 4.39 Å². The van der Waals surface area contributed by atoms with Crippen LogP contribution in [0.25, 0.3) is 0 Å². The molecule has 0 aromatic rings. The Morgan fingerprint density at radius 1 is 0.833 bits per heavy atom. The van der Waals surface area contributed by atoms with E-state index in [0.717, 1.165) is 32.1 Å². The molecule has 0 aromatic carbocycles. The van der Waals surface area contributed by atoms with Gasteiger partial charge in [-0.15, -0.1) is 6.58 Å². The van der Waals surface area contributed by atoms with E-state index in [1.54, 1.807) is 0 Å². The van der Waals surface area contributed by atoms with Crippen molar-refractivity contribution in [2.24, 2.45) is 0 Å². The first kappa shape index (κ1) is 17.7. The van der Waals surface area contributed by atoms with E-state index in [9.17, 15) is 4.39 Å². The van der Waals surface area contributed by atoms with Crippen LogP contribution in [0.1, 0.15) is 90.4 Å².